The average molecular weight is 359 g/mol. The van der Waals surface area contributed by atoms with Gasteiger partial charge in [0.05, 0.1) is 0 Å². The Morgan fingerprint density at radius 3 is 2.15 bits per heavy atom. The molecular formula is C22H21N3O2. The van der Waals surface area contributed by atoms with Crippen LogP contribution in [-0.2, 0) is 0 Å². The number of hydrogen-bond donors (Lipinski definition) is 2. The molecule has 27 heavy (non-hydrogen) atoms. The number of aryl methyl sites for hydroxylation is 3. The number of benzene rings is 2. The van der Waals surface area contributed by atoms with Gasteiger partial charge in [-0.25, -0.2) is 0 Å². The van der Waals surface area contributed by atoms with Gasteiger partial charge in [-0.1, -0.05) is 35.9 Å². The molecule has 2 N–H and O–H groups in total. The molecule has 5 nitrogen and oxygen atoms in total. The molecule has 0 saturated heterocycles. The Kier molecular flexibility index (Phi) is 5.31. The van der Waals surface area contributed by atoms with Gasteiger partial charge in [0.15, 0.2) is 0 Å². The topological polar surface area (TPSA) is 71.1 Å². The van der Waals surface area contributed by atoms with Crippen molar-refractivity contribution in [3.63, 3.8) is 0 Å². The highest BCUT2D eigenvalue weighted by Crippen LogP contribution is 2.20. The highest BCUT2D eigenvalue weighted by molar-refractivity contribution is 6.08. The fourth-order valence-corrected chi connectivity index (χ4v) is 2.73. The summed E-state index contributed by atoms with van der Waals surface area (Å²) < 4.78 is 0. The number of amides is 2. The van der Waals surface area contributed by atoms with Crippen molar-refractivity contribution in [3.8, 4) is 0 Å². The molecule has 1 heterocycles. The summed E-state index contributed by atoms with van der Waals surface area (Å²) in [7, 11) is 0. The average Bonchev–Trinajstić information content (AvgIpc) is 2.66. The number of nitrogens with one attached hydrogen (secondary N) is 2. The van der Waals surface area contributed by atoms with Crippen molar-refractivity contribution in [1.29, 1.82) is 0 Å². The maximum atomic E-state index is 12.6. The molecular weight excluding hydrogens is 338 g/mol. The number of pyridine rings is 1. The van der Waals surface area contributed by atoms with Gasteiger partial charge in [0, 0.05) is 23.1 Å². The summed E-state index contributed by atoms with van der Waals surface area (Å²) in [6.07, 6.45) is 1.46. The van der Waals surface area contributed by atoms with Gasteiger partial charge in [-0.2, -0.15) is 0 Å². The van der Waals surface area contributed by atoms with Crippen LogP contribution in [0.2, 0.25) is 0 Å². The SMILES string of the molecule is Cc1ccc(NC(=O)c2ccnc(C(=O)Nc3c(C)cccc3C)c2)cc1. The van der Waals surface area contributed by atoms with E-state index in [2.05, 4.69) is 15.6 Å². The van der Waals surface area contributed by atoms with E-state index in [1.807, 2.05) is 63.2 Å². The second kappa shape index (κ2) is 7.83. The first-order valence-corrected chi connectivity index (χ1v) is 8.65. The summed E-state index contributed by atoms with van der Waals surface area (Å²) in [5.74, 6) is -0.639. The zero-order valence-electron chi connectivity index (χ0n) is 15.5. The van der Waals surface area contributed by atoms with Gasteiger partial charge in [-0.05, 0) is 56.2 Å². The Balaban J connectivity index is 1.77. The molecule has 0 unspecified atom stereocenters. The van der Waals surface area contributed by atoms with Crippen molar-refractivity contribution in [3.05, 3.63) is 88.7 Å². The lowest BCUT2D eigenvalue weighted by molar-refractivity contribution is 0.102. The molecule has 0 radical (unpaired) electrons. The van der Waals surface area contributed by atoms with E-state index in [0.717, 1.165) is 22.4 Å². The molecule has 1 aromatic heterocycles. The van der Waals surface area contributed by atoms with Gasteiger partial charge < -0.3 is 10.6 Å². The Bertz CT molecular complexity index is 974. The molecule has 0 fully saturated rings. The van der Waals surface area contributed by atoms with Crippen molar-refractivity contribution < 1.29 is 9.59 Å². The number of nitrogens with zero attached hydrogens (tertiary/aromatic N) is 1. The summed E-state index contributed by atoms with van der Waals surface area (Å²) in [5, 5.41) is 5.70. The molecule has 3 rings (SSSR count). The highest BCUT2D eigenvalue weighted by Gasteiger charge is 2.14. The lowest BCUT2D eigenvalue weighted by atomic mass is 10.1. The third-order valence-corrected chi connectivity index (χ3v) is 4.28. The minimum atomic E-state index is -0.350. The first kappa shape index (κ1) is 18.3. The van der Waals surface area contributed by atoms with Gasteiger partial charge >= 0.3 is 0 Å². The number of rotatable bonds is 4. The fraction of sp³-hybridized carbons (Fsp3) is 0.136. The maximum Gasteiger partial charge on any atom is 0.274 e. The quantitative estimate of drug-likeness (QED) is 0.720. The number of hydrogen-bond acceptors (Lipinski definition) is 3. The van der Waals surface area contributed by atoms with Crippen LogP contribution in [0.4, 0.5) is 11.4 Å². The Morgan fingerprint density at radius 2 is 1.48 bits per heavy atom. The first-order valence-electron chi connectivity index (χ1n) is 8.65. The first-order chi connectivity index (χ1) is 12.9. The Hall–Kier alpha value is -3.47. The molecule has 2 amide bonds. The van der Waals surface area contributed by atoms with Crippen LogP contribution < -0.4 is 10.6 Å². The molecule has 2 aromatic carbocycles. The summed E-state index contributed by atoms with van der Waals surface area (Å²) in [4.78, 5) is 29.2. The van der Waals surface area contributed by atoms with E-state index >= 15 is 0 Å². The molecule has 0 bridgehead atoms. The summed E-state index contributed by atoms with van der Waals surface area (Å²) in [6.45, 7) is 5.85. The van der Waals surface area contributed by atoms with E-state index in [4.69, 9.17) is 0 Å². The van der Waals surface area contributed by atoms with Crippen molar-refractivity contribution in [2.24, 2.45) is 0 Å². The van der Waals surface area contributed by atoms with Crippen LogP contribution in [0.5, 0.6) is 0 Å². The number of para-hydroxylation sites is 1. The monoisotopic (exact) mass is 359 g/mol. The molecule has 0 saturated carbocycles. The summed E-state index contributed by atoms with van der Waals surface area (Å²) in [5.41, 5.74) is 5.07. The minimum absolute atomic E-state index is 0.189. The summed E-state index contributed by atoms with van der Waals surface area (Å²) >= 11 is 0. The van der Waals surface area contributed by atoms with Crippen LogP contribution in [0.1, 0.15) is 37.5 Å². The van der Waals surface area contributed by atoms with Crippen LogP contribution in [0.3, 0.4) is 0 Å². The second-order valence-electron chi connectivity index (χ2n) is 6.47. The van der Waals surface area contributed by atoms with E-state index in [0.29, 0.717) is 11.3 Å². The van der Waals surface area contributed by atoms with E-state index in [1.54, 1.807) is 6.07 Å². The van der Waals surface area contributed by atoms with E-state index in [9.17, 15) is 9.59 Å². The highest BCUT2D eigenvalue weighted by atomic mass is 16.2. The zero-order chi connectivity index (χ0) is 19.4. The van der Waals surface area contributed by atoms with Gasteiger partial charge in [-0.3, -0.25) is 14.6 Å². The smallest absolute Gasteiger partial charge is 0.274 e. The molecule has 0 spiro atoms. The van der Waals surface area contributed by atoms with Crippen LogP contribution in [-0.4, -0.2) is 16.8 Å². The Labute approximate surface area is 158 Å². The standard InChI is InChI=1S/C22H21N3O2/c1-14-7-9-18(10-8-14)24-21(26)17-11-12-23-19(13-17)22(27)25-20-15(2)5-4-6-16(20)3/h4-13H,1-3H3,(H,24,26)(H,25,27). The molecule has 3 aromatic rings. The van der Waals surface area contributed by atoms with E-state index < -0.39 is 0 Å². The summed E-state index contributed by atoms with van der Waals surface area (Å²) in [6, 6.07) is 16.4. The minimum Gasteiger partial charge on any atom is -0.322 e. The second-order valence-corrected chi connectivity index (χ2v) is 6.47. The van der Waals surface area contributed by atoms with E-state index in [-0.39, 0.29) is 17.5 Å². The third-order valence-electron chi connectivity index (χ3n) is 4.28. The molecule has 5 heteroatoms. The number of carbonyl (C=O) groups excluding carboxylic acids is 2. The number of aromatic nitrogens is 1. The van der Waals surface area contributed by atoms with Gasteiger partial charge in [0.25, 0.3) is 11.8 Å². The lowest BCUT2D eigenvalue weighted by Gasteiger charge is -2.11. The van der Waals surface area contributed by atoms with Crippen molar-refractivity contribution in [2.45, 2.75) is 20.8 Å². The lowest BCUT2D eigenvalue weighted by Crippen LogP contribution is -2.17. The van der Waals surface area contributed by atoms with Gasteiger partial charge in [-0.15, -0.1) is 0 Å². The normalized spacial score (nSPS) is 10.3. The van der Waals surface area contributed by atoms with Crippen LogP contribution in [0, 0.1) is 20.8 Å². The van der Waals surface area contributed by atoms with Gasteiger partial charge in [0.2, 0.25) is 0 Å². The molecule has 0 atom stereocenters. The zero-order valence-corrected chi connectivity index (χ0v) is 15.5. The molecule has 0 aliphatic rings. The van der Waals surface area contributed by atoms with Crippen LogP contribution >= 0.6 is 0 Å². The predicted octanol–water partition coefficient (Wildman–Crippen LogP) is 4.51. The number of carbonyl (C=O) groups is 2. The van der Waals surface area contributed by atoms with Crippen molar-refractivity contribution >= 4 is 23.2 Å². The van der Waals surface area contributed by atoms with E-state index in [1.165, 1.54) is 12.3 Å². The fourth-order valence-electron chi connectivity index (χ4n) is 2.73. The van der Waals surface area contributed by atoms with Crippen LogP contribution in [0.25, 0.3) is 0 Å². The maximum absolute atomic E-state index is 12.6. The van der Waals surface area contributed by atoms with Gasteiger partial charge in [0.1, 0.15) is 5.69 Å². The van der Waals surface area contributed by atoms with Crippen molar-refractivity contribution in [1.82, 2.24) is 4.98 Å². The largest absolute Gasteiger partial charge is 0.322 e. The third kappa shape index (κ3) is 4.39. The Morgan fingerprint density at radius 1 is 0.815 bits per heavy atom. The molecule has 136 valence electrons. The molecule has 0 aliphatic carbocycles. The molecule has 0 aliphatic heterocycles. The number of anilines is 2. The van der Waals surface area contributed by atoms with Crippen LogP contribution in [0.15, 0.2) is 60.8 Å². The van der Waals surface area contributed by atoms with Crippen molar-refractivity contribution in [2.75, 3.05) is 10.6 Å². The predicted molar refractivity (Wildman–Crippen MR) is 107 cm³/mol.